The summed E-state index contributed by atoms with van der Waals surface area (Å²) in [4.78, 5) is 24.0. The van der Waals surface area contributed by atoms with Gasteiger partial charge in [0.1, 0.15) is 11.9 Å². The lowest BCUT2D eigenvalue weighted by Gasteiger charge is -2.32. The molecule has 0 saturated heterocycles. The van der Waals surface area contributed by atoms with E-state index in [1.807, 2.05) is 6.07 Å². The molecule has 156 valence electrons. The summed E-state index contributed by atoms with van der Waals surface area (Å²) in [6.45, 7) is 3.41. The average molecular weight is 474 g/mol. The van der Waals surface area contributed by atoms with E-state index in [1.165, 1.54) is 17.6 Å². The molecule has 2 aromatic rings. The van der Waals surface area contributed by atoms with Gasteiger partial charge in [-0.15, -0.1) is 0 Å². The molecule has 0 aliphatic carbocycles. The van der Waals surface area contributed by atoms with E-state index in [9.17, 15) is 14.7 Å². The van der Waals surface area contributed by atoms with Crippen LogP contribution >= 0.6 is 15.9 Å². The number of aromatic hydroxyl groups is 1. The predicted molar refractivity (Wildman–Crippen MR) is 113 cm³/mol. The number of nitrogens with zero attached hydrogens (tertiary/aromatic N) is 1. The summed E-state index contributed by atoms with van der Waals surface area (Å²) < 4.78 is 6.28. The maximum Gasteiger partial charge on any atom is 0.412 e. The molecular weight excluding hydrogens is 454 g/mol. The van der Waals surface area contributed by atoms with Gasteiger partial charge in [0.25, 0.3) is 5.91 Å². The summed E-state index contributed by atoms with van der Waals surface area (Å²) in [5.41, 5.74) is 1.72. The Hall–Kier alpha value is -3.35. The van der Waals surface area contributed by atoms with Crippen molar-refractivity contribution in [2.24, 2.45) is 5.41 Å². The van der Waals surface area contributed by atoms with Crippen LogP contribution in [0.1, 0.15) is 31.1 Å². The number of anilines is 1. The Bertz CT molecular complexity index is 997. The number of ether oxygens (including phenoxy) is 1. The highest BCUT2D eigenvalue weighted by molar-refractivity contribution is 9.10. The minimum absolute atomic E-state index is 0.0949. The summed E-state index contributed by atoms with van der Waals surface area (Å²) in [6, 6.07) is 12.9. The van der Waals surface area contributed by atoms with Crippen LogP contribution in [-0.2, 0) is 9.53 Å². The molecule has 2 aromatic carbocycles. The third-order valence-electron chi connectivity index (χ3n) is 4.21. The highest BCUT2D eigenvalue weighted by atomic mass is 79.9. The van der Waals surface area contributed by atoms with Gasteiger partial charge in [-0.1, -0.05) is 35.9 Å². The van der Waals surface area contributed by atoms with Gasteiger partial charge in [0.05, 0.1) is 11.6 Å². The molecule has 0 fully saturated rings. The van der Waals surface area contributed by atoms with Crippen molar-refractivity contribution in [1.29, 1.82) is 5.26 Å². The van der Waals surface area contributed by atoms with Gasteiger partial charge >= 0.3 is 6.09 Å². The minimum atomic E-state index is -0.990. The highest BCUT2D eigenvalue weighted by Crippen LogP contribution is 2.42. The molecule has 0 aliphatic rings. The van der Waals surface area contributed by atoms with Crippen molar-refractivity contribution in [3.8, 4) is 11.8 Å². The van der Waals surface area contributed by atoms with E-state index < -0.39 is 23.5 Å². The number of nitrogens with one attached hydrogen (secondary N) is 2. The third kappa shape index (κ3) is 6.07. The standard InChI is InChI=1S/C21H20BrN3O5/c1-21(2,10-9-18(27)25-29)19(16-11-14(22)5-8-17(16)26)30-20(28)24-15-6-3-13(12-23)4-7-15/h3-11,19,26,29H,1-2H3,(H,24,28)(H,25,27)/b10-9+/t19-/m0/s1. The molecule has 0 saturated carbocycles. The Labute approximate surface area is 181 Å². The van der Waals surface area contributed by atoms with Crippen molar-refractivity contribution in [2.45, 2.75) is 20.0 Å². The van der Waals surface area contributed by atoms with E-state index in [2.05, 4.69) is 21.2 Å². The van der Waals surface area contributed by atoms with E-state index >= 15 is 0 Å². The van der Waals surface area contributed by atoms with Crippen molar-refractivity contribution in [3.05, 3.63) is 70.2 Å². The first-order chi connectivity index (χ1) is 14.2. The SMILES string of the molecule is CC(C)(/C=C/C(=O)NO)[C@@H](OC(=O)Nc1ccc(C#N)cc1)c1cc(Br)ccc1O. The molecule has 8 nitrogen and oxygen atoms in total. The maximum atomic E-state index is 12.6. The Morgan fingerprint density at radius 3 is 2.50 bits per heavy atom. The summed E-state index contributed by atoms with van der Waals surface area (Å²) in [7, 11) is 0. The molecule has 4 N–H and O–H groups in total. The van der Waals surface area contributed by atoms with Crippen LogP contribution in [0.4, 0.5) is 10.5 Å². The Morgan fingerprint density at radius 1 is 1.23 bits per heavy atom. The molecule has 0 heterocycles. The number of rotatable bonds is 6. The zero-order valence-corrected chi connectivity index (χ0v) is 17.8. The number of benzene rings is 2. The number of hydroxylamine groups is 1. The Kier molecular flexibility index (Phi) is 7.58. The summed E-state index contributed by atoms with van der Waals surface area (Å²) in [6.07, 6.45) is 0.774. The number of nitriles is 1. The third-order valence-corrected chi connectivity index (χ3v) is 4.70. The molecule has 9 heteroatoms. The van der Waals surface area contributed by atoms with Crippen LogP contribution in [0.25, 0.3) is 0 Å². The first-order valence-corrected chi connectivity index (χ1v) is 9.55. The summed E-state index contributed by atoms with van der Waals surface area (Å²) in [5, 5.41) is 30.5. The molecule has 0 unspecified atom stereocenters. The van der Waals surface area contributed by atoms with E-state index in [4.69, 9.17) is 15.2 Å². The average Bonchev–Trinajstić information content (AvgIpc) is 2.72. The van der Waals surface area contributed by atoms with Crippen LogP contribution in [0.15, 0.2) is 59.1 Å². The van der Waals surface area contributed by atoms with Crippen molar-refractivity contribution in [3.63, 3.8) is 0 Å². The van der Waals surface area contributed by atoms with Crippen molar-refractivity contribution < 1.29 is 24.6 Å². The van der Waals surface area contributed by atoms with Gasteiger partial charge in [-0.05, 0) is 42.5 Å². The lowest BCUT2D eigenvalue weighted by Crippen LogP contribution is -2.28. The van der Waals surface area contributed by atoms with Gasteiger partial charge < -0.3 is 9.84 Å². The molecule has 0 aromatic heterocycles. The maximum absolute atomic E-state index is 12.6. The van der Waals surface area contributed by atoms with Gasteiger partial charge in [-0.25, -0.2) is 10.3 Å². The minimum Gasteiger partial charge on any atom is -0.508 e. The fourth-order valence-corrected chi connectivity index (χ4v) is 3.03. The fourth-order valence-electron chi connectivity index (χ4n) is 2.65. The van der Waals surface area contributed by atoms with Crippen molar-refractivity contribution in [2.75, 3.05) is 5.32 Å². The number of carbonyl (C=O) groups is 2. The van der Waals surface area contributed by atoms with Gasteiger partial charge in [0.15, 0.2) is 0 Å². The van der Waals surface area contributed by atoms with Crippen molar-refractivity contribution >= 4 is 33.6 Å². The molecule has 1 atom stereocenters. The number of halogens is 1. The second-order valence-corrected chi connectivity index (χ2v) is 7.85. The zero-order valence-electron chi connectivity index (χ0n) is 16.2. The Balaban J connectivity index is 2.33. The van der Waals surface area contributed by atoms with Crippen LogP contribution in [0.3, 0.4) is 0 Å². The van der Waals surface area contributed by atoms with Gasteiger partial charge in [-0.2, -0.15) is 5.26 Å². The lowest BCUT2D eigenvalue weighted by molar-refractivity contribution is -0.124. The fraction of sp³-hybridized carbons (Fsp3) is 0.190. The number of hydrogen-bond acceptors (Lipinski definition) is 6. The molecular formula is C21H20BrN3O5. The van der Waals surface area contributed by atoms with Gasteiger partial charge in [0.2, 0.25) is 0 Å². The summed E-state index contributed by atoms with van der Waals surface area (Å²) in [5.74, 6) is -0.843. The largest absolute Gasteiger partial charge is 0.508 e. The van der Waals surface area contributed by atoms with Gasteiger partial charge in [0, 0.05) is 27.2 Å². The number of amides is 2. The van der Waals surface area contributed by atoms with Crippen LogP contribution in [-0.4, -0.2) is 22.3 Å². The quantitative estimate of drug-likeness (QED) is 0.279. The highest BCUT2D eigenvalue weighted by Gasteiger charge is 2.34. The number of hydrogen-bond donors (Lipinski definition) is 4. The van der Waals surface area contributed by atoms with Crippen LogP contribution in [0, 0.1) is 16.7 Å². The van der Waals surface area contributed by atoms with Crippen molar-refractivity contribution in [1.82, 2.24) is 5.48 Å². The number of phenols is 1. The zero-order chi connectivity index (χ0) is 22.3. The molecule has 2 rings (SSSR count). The topological polar surface area (TPSA) is 132 Å². The second kappa shape index (κ2) is 9.91. The Morgan fingerprint density at radius 2 is 1.90 bits per heavy atom. The number of carbonyl (C=O) groups excluding carboxylic acids is 2. The monoisotopic (exact) mass is 473 g/mol. The predicted octanol–water partition coefficient (Wildman–Crippen LogP) is 4.40. The molecule has 2 amide bonds. The van der Waals surface area contributed by atoms with E-state index in [0.717, 1.165) is 6.08 Å². The van der Waals surface area contributed by atoms with E-state index in [0.29, 0.717) is 21.3 Å². The van der Waals surface area contributed by atoms with E-state index in [1.54, 1.807) is 50.2 Å². The normalized spacial score (nSPS) is 12.1. The molecule has 30 heavy (non-hydrogen) atoms. The molecule has 0 radical (unpaired) electrons. The van der Waals surface area contributed by atoms with E-state index in [-0.39, 0.29) is 5.75 Å². The number of phenolic OH excluding ortho intramolecular Hbond substituents is 1. The van der Waals surface area contributed by atoms with Gasteiger partial charge in [-0.3, -0.25) is 15.3 Å². The first-order valence-electron chi connectivity index (χ1n) is 8.76. The lowest BCUT2D eigenvalue weighted by atomic mass is 9.81. The molecule has 0 aliphatic heterocycles. The summed E-state index contributed by atoms with van der Waals surface area (Å²) >= 11 is 3.33. The van der Waals surface area contributed by atoms with Crippen LogP contribution in [0.2, 0.25) is 0 Å². The second-order valence-electron chi connectivity index (χ2n) is 6.93. The van der Waals surface area contributed by atoms with Crippen LogP contribution in [0.5, 0.6) is 5.75 Å². The smallest absolute Gasteiger partial charge is 0.412 e. The molecule has 0 spiro atoms. The molecule has 0 bridgehead atoms. The van der Waals surface area contributed by atoms with Crippen LogP contribution < -0.4 is 10.8 Å². The first kappa shape index (κ1) is 22.9.